The number of aromatic nitrogens is 2. The predicted molar refractivity (Wildman–Crippen MR) is 90.5 cm³/mol. The first kappa shape index (κ1) is 14.6. The molecule has 6 heteroatoms. The first-order chi connectivity index (χ1) is 10.8. The van der Waals surface area contributed by atoms with Crippen LogP contribution in [0.25, 0.3) is 17.3 Å². The van der Waals surface area contributed by atoms with Gasteiger partial charge in [0.05, 0.1) is 17.9 Å². The molecule has 3 rings (SSSR count). The summed E-state index contributed by atoms with van der Waals surface area (Å²) in [5.74, 6) is -0.143. The Morgan fingerprint density at radius 2 is 2.14 bits per heavy atom. The minimum absolute atomic E-state index is 0.143. The molecule has 22 heavy (non-hydrogen) atoms. The minimum atomic E-state index is -0.143. The molecule has 1 N–H and O–H groups in total. The van der Waals surface area contributed by atoms with Crippen LogP contribution in [0.15, 0.2) is 52.8 Å². The highest BCUT2D eigenvalue weighted by atomic mass is 32.1. The first-order valence-electron chi connectivity index (χ1n) is 6.65. The van der Waals surface area contributed by atoms with E-state index in [9.17, 15) is 4.79 Å². The van der Waals surface area contributed by atoms with Crippen LogP contribution >= 0.6 is 22.7 Å². The molecule has 0 spiro atoms. The molecule has 0 aromatic carbocycles. The van der Waals surface area contributed by atoms with E-state index in [2.05, 4.69) is 15.3 Å². The zero-order valence-electron chi connectivity index (χ0n) is 11.6. The van der Waals surface area contributed by atoms with Gasteiger partial charge in [-0.05, 0) is 29.0 Å². The van der Waals surface area contributed by atoms with E-state index in [4.69, 9.17) is 0 Å². The molecule has 110 valence electrons. The van der Waals surface area contributed by atoms with Gasteiger partial charge in [0.1, 0.15) is 0 Å². The van der Waals surface area contributed by atoms with Crippen LogP contribution in [0.1, 0.15) is 10.6 Å². The van der Waals surface area contributed by atoms with Crippen molar-refractivity contribution in [3.8, 4) is 11.3 Å². The highest BCUT2D eigenvalue weighted by Gasteiger charge is 2.08. The molecule has 0 atom stereocenters. The van der Waals surface area contributed by atoms with E-state index >= 15 is 0 Å². The van der Waals surface area contributed by atoms with Crippen LogP contribution in [0.4, 0.5) is 0 Å². The lowest BCUT2D eigenvalue weighted by molar-refractivity contribution is -0.116. The summed E-state index contributed by atoms with van der Waals surface area (Å²) in [6, 6.07) is 5.91. The molecule has 0 unspecified atom stereocenters. The van der Waals surface area contributed by atoms with Gasteiger partial charge in [0.25, 0.3) is 0 Å². The predicted octanol–water partition coefficient (Wildman–Crippen LogP) is 3.60. The van der Waals surface area contributed by atoms with Gasteiger partial charge in [-0.3, -0.25) is 14.8 Å². The number of hydrogen-bond donors (Lipinski definition) is 1. The average Bonchev–Trinajstić information content (AvgIpc) is 3.24. The van der Waals surface area contributed by atoms with E-state index in [-0.39, 0.29) is 5.91 Å². The van der Waals surface area contributed by atoms with Gasteiger partial charge in [-0.1, -0.05) is 6.07 Å². The summed E-state index contributed by atoms with van der Waals surface area (Å²) in [7, 11) is 0. The van der Waals surface area contributed by atoms with Crippen molar-refractivity contribution in [1.29, 1.82) is 0 Å². The van der Waals surface area contributed by atoms with E-state index in [1.54, 1.807) is 41.1 Å². The smallest absolute Gasteiger partial charge is 0.244 e. The summed E-state index contributed by atoms with van der Waals surface area (Å²) < 4.78 is 0. The van der Waals surface area contributed by atoms with Crippen molar-refractivity contribution in [2.75, 3.05) is 0 Å². The third kappa shape index (κ3) is 3.66. The molecular weight excluding hydrogens is 314 g/mol. The maximum absolute atomic E-state index is 11.9. The van der Waals surface area contributed by atoms with Crippen LogP contribution in [0.2, 0.25) is 0 Å². The summed E-state index contributed by atoms with van der Waals surface area (Å²) >= 11 is 3.20. The third-order valence-corrected chi connectivity index (χ3v) is 4.46. The monoisotopic (exact) mass is 327 g/mol. The zero-order valence-corrected chi connectivity index (χ0v) is 13.2. The maximum atomic E-state index is 11.9. The summed E-state index contributed by atoms with van der Waals surface area (Å²) in [6.07, 6.45) is 6.64. The number of nitrogens with zero attached hydrogens (tertiary/aromatic N) is 2. The van der Waals surface area contributed by atoms with Gasteiger partial charge in [-0.15, -0.1) is 11.3 Å². The fourth-order valence-electron chi connectivity index (χ4n) is 1.91. The lowest BCUT2D eigenvalue weighted by atomic mass is 10.2. The average molecular weight is 327 g/mol. The SMILES string of the molecule is O=C(/C=C/c1cccs1)NCc1nccnc1-c1ccsc1. The molecule has 0 bridgehead atoms. The Hall–Kier alpha value is -2.31. The molecule has 3 heterocycles. The van der Waals surface area contributed by atoms with Gasteiger partial charge in [-0.25, -0.2) is 0 Å². The Labute approximate surface area is 136 Å². The minimum Gasteiger partial charge on any atom is -0.347 e. The Kier molecular flexibility index (Phi) is 4.72. The fourth-order valence-corrected chi connectivity index (χ4v) is 3.17. The van der Waals surface area contributed by atoms with Crippen molar-refractivity contribution < 1.29 is 4.79 Å². The lowest BCUT2D eigenvalue weighted by Gasteiger charge is -2.06. The van der Waals surface area contributed by atoms with Gasteiger partial charge >= 0.3 is 0 Å². The van der Waals surface area contributed by atoms with Crippen LogP contribution in [0.3, 0.4) is 0 Å². The first-order valence-corrected chi connectivity index (χ1v) is 8.47. The van der Waals surface area contributed by atoms with E-state index in [0.29, 0.717) is 6.54 Å². The number of amides is 1. The molecule has 0 saturated heterocycles. The lowest BCUT2D eigenvalue weighted by Crippen LogP contribution is -2.21. The van der Waals surface area contributed by atoms with Crippen molar-refractivity contribution in [2.45, 2.75) is 6.54 Å². The van der Waals surface area contributed by atoms with Crippen molar-refractivity contribution in [1.82, 2.24) is 15.3 Å². The molecule has 0 fully saturated rings. The Morgan fingerprint density at radius 3 is 2.91 bits per heavy atom. The van der Waals surface area contributed by atoms with Gasteiger partial charge in [-0.2, -0.15) is 11.3 Å². The second kappa shape index (κ2) is 7.11. The molecule has 3 aromatic heterocycles. The third-order valence-electron chi connectivity index (χ3n) is 2.94. The number of thiophene rings is 2. The van der Waals surface area contributed by atoms with Gasteiger partial charge in [0.15, 0.2) is 0 Å². The second-order valence-corrected chi connectivity index (χ2v) is 6.19. The number of hydrogen-bond acceptors (Lipinski definition) is 5. The molecule has 0 aliphatic heterocycles. The molecule has 0 aliphatic rings. The molecule has 3 aromatic rings. The van der Waals surface area contributed by atoms with Crippen LogP contribution < -0.4 is 5.32 Å². The highest BCUT2D eigenvalue weighted by molar-refractivity contribution is 7.10. The topological polar surface area (TPSA) is 54.9 Å². The van der Waals surface area contributed by atoms with Crippen LogP contribution in [-0.4, -0.2) is 15.9 Å². The molecule has 0 aliphatic carbocycles. The van der Waals surface area contributed by atoms with Crippen molar-refractivity contribution in [3.63, 3.8) is 0 Å². The largest absolute Gasteiger partial charge is 0.347 e. The Bertz CT molecular complexity index is 765. The molecule has 0 saturated carbocycles. The van der Waals surface area contributed by atoms with Crippen molar-refractivity contribution in [3.05, 3.63) is 63.4 Å². The van der Waals surface area contributed by atoms with Gasteiger partial charge < -0.3 is 5.32 Å². The summed E-state index contributed by atoms with van der Waals surface area (Å²) in [4.78, 5) is 21.6. The van der Waals surface area contributed by atoms with Gasteiger partial charge in [0.2, 0.25) is 5.91 Å². The van der Waals surface area contributed by atoms with E-state index in [1.807, 2.05) is 34.3 Å². The van der Waals surface area contributed by atoms with Crippen LogP contribution in [0.5, 0.6) is 0 Å². The Morgan fingerprint density at radius 1 is 1.23 bits per heavy atom. The number of carbonyl (C=O) groups excluding carboxylic acids is 1. The molecule has 4 nitrogen and oxygen atoms in total. The number of carbonyl (C=O) groups is 1. The maximum Gasteiger partial charge on any atom is 0.244 e. The summed E-state index contributed by atoms with van der Waals surface area (Å²) in [5.41, 5.74) is 2.60. The van der Waals surface area contributed by atoms with E-state index in [1.165, 1.54) is 6.08 Å². The molecule has 1 amide bonds. The van der Waals surface area contributed by atoms with E-state index < -0.39 is 0 Å². The van der Waals surface area contributed by atoms with Crippen molar-refractivity contribution >= 4 is 34.7 Å². The number of rotatable bonds is 5. The fraction of sp³-hybridized carbons (Fsp3) is 0.0625. The van der Waals surface area contributed by atoms with Gasteiger partial charge in [0, 0.05) is 34.3 Å². The normalized spacial score (nSPS) is 10.9. The molecular formula is C16H13N3OS2. The second-order valence-electron chi connectivity index (χ2n) is 4.43. The standard InChI is InChI=1S/C16H13N3OS2/c20-15(4-3-13-2-1-8-22-13)19-10-14-16(18-7-6-17-14)12-5-9-21-11-12/h1-9,11H,10H2,(H,19,20)/b4-3+. The summed E-state index contributed by atoms with van der Waals surface area (Å²) in [5, 5.41) is 8.84. The highest BCUT2D eigenvalue weighted by Crippen LogP contribution is 2.22. The number of nitrogens with one attached hydrogen (secondary N) is 1. The molecule has 0 radical (unpaired) electrons. The van der Waals surface area contributed by atoms with E-state index in [0.717, 1.165) is 21.8 Å². The zero-order chi connectivity index (χ0) is 15.2. The quantitative estimate of drug-likeness (QED) is 0.729. The summed E-state index contributed by atoms with van der Waals surface area (Å²) in [6.45, 7) is 0.354. The Balaban J connectivity index is 1.66. The van der Waals surface area contributed by atoms with Crippen LogP contribution in [0, 0.1) is 0 Å². The van der Waals surface area contributed by atoms with Crippen LogP contribution in [-0.2, 0) is 11.3 Å². The van der Waals surface area contributed by atoms with Crippen molar-refractivity contribution in [2.24, 2.45) is 0 Å².